The minimum Gasteiger partial charge on any atom is -0.480 e. The van der Waals surface area contributed by atoms with Gasteiger partial charge in [0, 0.05) is 25.3 Å². The predicted octanol–water partition coefficient (Wildman–Crippen LogP) is 1.59. The average Bonchev–Trinajstić information content (AvgIpc) is 2.34. The molecule has 2 N–H and O–H groups in total. The standard InChI is InChI=1S/C14H20N2O3/c1-9(2)12(14(18)19)15-13(17)10-5-7-11(8-6-10)16(3)4/h5-9,12H,1-4H3,(H,15,17)(H,18,19)/t12-/m0/s1. The Kier molecular flexibility index (Phi) is 4.92. The number of carboxylic acids is 1. The fraction of sp³-hybridized carbons (Fsp3) is 0.429. The summed E-state index contributed by atoms with van der Waals surface area (Å²) in [6.45, 7) is 3.52. The molecule has 0 saturated carbocycles. The van der Waals surface area contributed by atoms with Crippen LogP contribution in [0.2, 0.25) is 0 Å². The van der Waals surface area contributed by atoms with Crippen LogP contribution in [0.3, 0.4) is 0 Å². The first-order valence-corrected chi connectivity index (χ1v) is 6.14. The monoisotopic (exact) mass is 264 g/mol. The largest absolute Gasteiger partial charge is 0.480 e. The van der Waals surface area contributed by atoms with Gasteiger partial charge in [-0.25, -0.2) is 4.79 Å². The summed E-state index contributed by atoms with van der Waals surface area (Å²) in [7, 11) is 3.82. The van der Waals surface area contributed by atoms with Gasteiger partial charge in [-0.1, -0.05) is 13.8 Å². The molecule has 0 radical (unpaired) electrons. The van der Waals surface area contributed by atoms with Gasteiger partial charge in [0.05, 0.1) is 0 Å². The molecule has 5 heteroatoms. The van der Waals surface area contributed by atoms with Gasteiger partial charge in [0.15, 0.2) is 0 Å². The van der Waals surface area contributed by atoms with E-state index in [9.17, 15) is 9.59 Å². The Morgan fingerprint density at radius 3 is 2.05 bits per heavy atom. The molecule has 0 aliphatic heterocycles. The Morgan fingerprint density at radius 2 is 1.68 bits per heavy atom. The third kappa shape index (κ3) is 3.98. The molecule has 0 spiro atoms. The number of hydrogen-bond acceptors (Lipinski definition) is 3. The minimum absolute atomic E-state index is 0.164. The molecule has 1 atom stereocenters. The van der Waals surface area contributed by atoms with E-state index in [-0.39, 0.29) is 11.8 Å². The number of hydrogen-bond donors (Lipinski definition) is 2. The lowest BCUT2D eigenvalue weighted by Gasteiger charge is -2.18. The molecule has 0 aliphatic carbocycles. The molecule has 5 nitrogen and oxygen atoms in total. The van der Waals surface area contributed by atoms with Crippen LogP contribution in [0.25, 0.3) is 0 Å². The van der Waals surface area contributed by atoms with E-state index < -0.39 is 12.0 Å². The highest BCUT2D eigenvalue weighted by molar-refractivity contribution is 5.96. The maximum Gasteiger partial charge on any atom is 0.326 e. The Hall–Kier alpha value is -2.04. The quantitative estimate of drug-likeness (QED) is 0.847. The van der Waals surface area contributed by atoms with E-state index in [1.165, 1.54) is 0 Å². The number of carboxylic acid groups (broad SMARTS) is 1. The van der Waals surface area contributed by atoms with Crippen LogP contribution in [0.15, 0.2) is 24.3 Å². The maximum atomic E-state index is 12.0. The van der Waals surface area contributed by atoms with E-state index in [0.29, 0.717) is 5.56 Å². The van der Waals surface area contributed by atoms with Crippen molar-refractivity contribution in [1.29, 1.82) is 0 Å². The number of carbonyl (C=O) groups excluding carboxylic acids is 1. The SMILES string of the molecule is CC(C)[C@H](NC(=O)c1ccc(N(C)C)cc1)C(=O)O. The van der Waals surface area contributed by atoms with Crippen LogP contribution in [0.1, 0.15) is 24.2 Å². The average molecular weight is 264 g/mol. The molecule has 0 aliphatic rings. The van der Waals surface area contributed by atoms with E-state index in [1.807, 2.05) is 31.1 Å². The van der Waals surface area contributed by atoms with Crippen LogP contribution in [-0.2, 0) is 4.79 Å². The number of nitrogens with zero attached hydrogens (tertiary/aromatic N) is 1. The molecule has 0 heterocycles. The zero-order valence-electron chi connectivity index (χ0n) is 11.7. The van der Waals surface area contributed by atoms with E-state index in [1.54, 1.807) is 26.0 Å². The first-order valence-electron chi connectivity index (χ1n) is 6.14. The Morgan fingerprint density at radius 1 is 1.16 bits per heavy atom. The fourth-order valence-corrected chi connectivity index (χ4v) is 1.65. The van der Waals surface area contributed by atoms with Crippen molar-refractivity contribution in [2.75, 3.05) is 19.0 Å². The number of nitrogens with one attached hydrogen (secondary N) is 1. The van der Waals surface area contributed by atoms with Gasteiger partial charge >= 0.3 is 5.97 Å². The lowest BCUT2D eigenvalue weighted by atomic mass is 10.0. The number of carbonyl (C=O) groups is 2. The van der Waals surface area contributed by atoms with Crippen molar-refractivity contribution in [1.82, 2.24) is 5.32 Å². The lowest BCUT2D eigenvalue weighted by molar-refractivity contribution is -0.140. The maximum absolute atomic E-state index is 12.0. The summed E-state index contributed by atoms with van der Waals surface area (Å²) in [5.74, 6) is -1.55. The van der Waals surface area contributed by atoms with Crippen LogP contribution in [0, 0.1) is 5.92 Å². The van der Waals surface area contributed by atoms with Crippen molar-refractivity contribution >= 4 is 17.6 Å². The van der Waals surface area contributed by atoms with Crippen molar-refractivity contribution in [3.05, 3.63) is 29.8 Å². The summed E-state index contributed by atoms with van der Waals surface area (Å²) in [4.78, 5) is 24.9. The van der Waals surface area contributed by atoms with Crippen LogP contribution in [0.4, 0.5) is 5.69 Å². The predicted molar refractivity (Wildman–Crippen MR) is 74.5 cm³/mol. The van der Waals surface area contributed by atoms with Gasteiger partial charge in [-0.2, -0.15) is 0 Å². The van der Waals surface area contributed by atoms with Crippen molar-refractivity contribution in [2.45, 2.75) is 19.9 Å². The normalized spacial score (nSPS) is 12.1. The van der Waals surface area contributed by atoms with E-state index in [4.69, 9.17) is 5.11 Å². The molecule has 1 amide bonds. The number of rotatable bonds is 5. The lowest BCUT2D eigenvalue weighted by Crippen LogP contribution is -2.44. The Labute approximate surface area is 113 Å². The zero-order valence-corrected chi connectivity index (χ0v) is 11.7. The fourth-order valence-electron chi connectivity index (χ4n) is 1.65. The van der Waals surface area contributed by atoms with Gasteiger partial charge in [0.1, 0.15) is 6.04 Å². The Balaban J connectivity index is 2.80. The molecule has 0 saturated heterocycles. The smallest absolute Gasteiger partial charge is 0.326 e. The van der Waals surface area contributed by atoms with Gasteiger partial charge in [0.25, 0.3) is 5.91 Å². The minimum atomic E-state index is -1.02. The van der Waals surface area contributed by atoms with Crippen LogP contribution in [0.5, 0.6) is 0 Å². The van der Waals surface area contributed by atoms with Crippen molar-refractivity contribution in [3.63, 3.8) is 0 Å². The highest BCUT2D eigenvalue weighted by Crippen LogP contribution is 2.12. The van der Waals surface area contributed by atoms with E-state index >= 15 is 0 Å². The topological polar surface area (TPSA) is 69.6 Å². The highest BCUT2D eigenvalue weighted by Gasteiger charge is 2.23. The van der Waals surface area contributed by atoms with Crippen LogP contribution >= 0.6 is 0 Å². The van der Waals surface area contributed by atoms with Crippen LogP contribution in [-0.4, -0.2) is 37.1 Å². The first-order chi connectivity index (χ1) is 8.82. The number of benzene rings is 1. The zero-order chi connectivity index (χ0) is 14.6. The number of aliphatic carboxylic acids is 1. The molecule has 1 aromatic rings. The molecular weight excluding hydrogens is 244 g/mol. The number of anilines is 1. The van der Waals surface area contributed by atoms with Gasteiger partial charge in [0.2, 0.25) is 0 Å². The molecular formula is C14H20N2O3. The van der Waals surface area contributed by atoms with E-state index in [2.05, 4.69) is 5.32 Å². The second-order valence-corrected chi connectivity index (χ2v) is 4.97. The summed E-state index contributed by atoms with van der Waals surface area (Å²) in [5, 5.41) is 11.6. The molecule has 19 heavy (non-hydrogen) atoms. The summed E-state index contributed by atoms with van der Waals surface area (Å²) in [5.41, 5.74) is 1.44. The van der Waals surface area contributed by atoms with Crippen molar-refractivity contribution < 1.29 is 14.7 Å². The van der Waals surface area contributed by atoms with E-state index in [0.717, 1.165) is 5.69 Å². The van der Waals surface area contributed by atoms with Gasteiger partial charge < -0.3 is 15.3 Å². The Bertz CT molecular complexity index is 452. The highest BCUT2D eigenvalue weighted by atomic mass is 16.4. The summed E-state index contributed by atoms with van der Waals surface area (Å²) in [6.07, 6.45) is 0. The summed E-state index contributed by atoms with van der Waals surface area (Å²) >= 11 is 0. The molecule has 0 bridgehead atoms. The van der Waals surface area contributed by atoms with Gasteiger partial charge in [-0.3, -0.25) is 4.79 Å². The van der Waals surface area contributed by atoms with Gasteiger partial charge in [-0.05, 0) is 30.2 Å². The second kappa shape index (κ2) is 6.22. The second-order valence-electron chi connectivity index (χ2n) is 4.97. The molecule has 1 aromatic carbocycles. The third-order valence-corrected chi connectivity index (χ3v) is 2.87. The summed E-state index contributed by atoms with van der Waals surface area (Å²) in [6, 6.07) is 6.13. The molecule has 0 fully saturated rings. The first kappa shape index (κ1) is 15.0. The molecule has 0 aromatic heterocycles. The molecule has 1 rings (SSSR count). The molecule has 104 valence electrons. The van der Waals surface area contributed by atoms with Crippen molar-refractivity contribution in [3.8, 4) is 0 Å². The van der Waals surface area contributed by atoms with Crippen molar-refractivity contribution in [2.24, 2.45) is 5.92 Å². The third-order valence-electron chi connectivity index (χ3n) is 2.87. The molecule has 0 unspecified atom stereocenters. The summed E-state index contributed by atoms with van der Waals surface area (Å²) < 4.78 is 0. The van der Waals surface area contributed by atoms with Crippen LogP contribution < -0.4 is 10.2 Å². The number of amides is 1. The van der Waals surface area contributed by atoms with Gasteiger partial charge in [-0.15, -0.1) is 0 Å².